The molecule has 0 aliphatic carbocycles. The van der Waals surface area contributed by atoms with E-state index in [0.717, 1.165) is 12.1 Å². The van der Waals surface area contributed by atoms with Gasteiger partial charge in [-0.3, -0.25) is 9.59 Å². The van der Waals surface area contributed by atoms with Gasteiger partial charge >= 0.3 is 0 Å². The lowest BCUT2D eigenvalue weighted by Gasteiger charge is -2.33. The molecule has 1 N–H and O–H groups in total. The summed E-state index contributed by atoms with van der Waals surface area (Å²) < 4.78 is 73.6. The zero-order chi connectivity index (χ0) is 24.6. The first-order chi connectivity index (χ1) is 16.1. The molecule has 0 radical (unpaired) electrons. The van der Waals surface area contributed by atoms with Gasteiger partial charge in [0.15, 0.2) is 6.10 Å². The van der Waals surface area contributed by atoms with Gasteiger partial charge in [0.05, 0.1) is 12.2 Å². The smallest absolute Gasteiger partial charge is 0.268 e. The van der Waals surface area contributed by atoms with Crippen molar-refractivity contribution in [1.29, 1.82) is 0 Å². The van der Waals surface area contributed by atoms with E-state index in [1.165, 1.54) is 30.0 Å². The van der Waals surface area contributed by atoms with Crippen molar-refractivity contribution in [3.8, 4) is 5.75 Å². The van der Waals surface area contributed by atoms with Crippen LogP contribution in [0.25, 0.3) is 0 Å². The number of fused-ring (bicyclic) bond motifs is 1. The highest BCUT2D eigenvalue weighted by molar-refractivity contribution is 6.02. The number of hydrogen-bond acceptors (Lipinski definition) is 3. The third-order valence-corrected chi connectivity index (χ3v) is 5.22. The highest BCUT2D eigenvalue weighted by Gasteiger charge is 2.32. The minimum absolute atomic E-state index is 0.0306. The van der Waals surface area contributed by atoms with Gasteiger partial charge in [-0.05, 0) is 42.8 Å². The first-order valence-electron chi connectivity index (χ1n) is 10.1. The summed E-state index contributed by atoms with van der Waals surface area (Å²) >= 11 is 0. The second kappa shape index (κ2) is 9.12. The Morgan fingerprint density at radius 2 is 1.56 bits per heavy atom. The number of benzene rings is 3. The molecule has 10 heteroatoms. The summed E-state index contributed by atoms with van der Waals surface area (Å²) in [5.41, 5.74) is -0.125. The van der Waals surface area contributed by atoms with Crippen molar-refractivity contribution in [2.24, 2.45) is 0 Å². The van der Waals surface area contributed by atoms with E-state index in [9.17, 15) is 31.5 Å². The van der Waals surface area contributed by atoms with Crippen LogP contribution in [0.15, 0.2) is 48.5 Å². The van der Waals surface area contributed by atoms with Crippen molar-refractivity contribution in [2.45, 2.75) is 26.1 Å². The summed E-state index contributed by atoms with van der Waals surface area (Å²) in [5.74, 6) is -5.96. The Hall–Kier alpha value is -3.95. The van der Waals surface area contributed by atoms with Crippen LogP contribution in [-0.2, 0) is 17.9 Å². The quantitative estimate of drug-likeness (QED) is 0.547. The second-order valence-corrected chi connectivity index (χ2v) is 7.68. The van der Waals surface area contributed by atoms with E-state index in [-0.39, 0.29) is 29.1 Å². The van der Waals surface area contributed by atoms with E-state index in [1.807, 2.05) is 0 Å². The van der Waals surface area contributed by atoms with Gasteiger partial charge in [-0.15, -0.1) is 0 Å². The van der Waals surface area contributed by atoms with Gasteiger partial charge < -0.3 is 15.0 Å². The molecule has 3 aromatic rings. The van der Waals surface area contributed by atoms with Crippen molar-refractivity contribution < 1.29 is 36.3 Å². The monoisotopic (exact) mass is 476 g/mol. The Bertz CT molecular complexity index is 1250. The predicted octanol–water partition coefficient (Wildman–Crippen LogP) is 4.63. The fourth-order valence-corrected chi connectivity index (χ4v) is 3.61. The maximum atomic E-state index is 13.8. The SMILES string of the molecule is C[C@H]1Oc2ccc(C(=O)NCc3c(F)cc(F)cc3F)cc2N(Cc2cc(F)cc(F)c2)C1=O. The van der Waals surface area contributed by atoms with Crippen molar-refractivity contribution in [3.63, 3.8) is 0 Å². The number of amides is 2. The topological polar surface area (TPSA) is 58.6 Å². The fraction of sp³-hybridized carbons (Fsp3) is 0.167. The van der Waals surface area contributed by atoms with E-state index in [0.29, 0.717) is 18.2 Å². The van der Waals surface area contributed by atoms with Crippen LogP contribution in [0.5, 0.6) is 5.75 Å². The molecule has 1 aliphatic heterocycles. The molecule has 0 bridgehead atoms. The lowest BCUT2D eigenvalue weighted by molar-refractivity contribution is -0.125. The second-order valence-electron chi connectivity index (χ2n) is 7.68. The van der Waals surface area contributed by atoms with E-state index in [2.05, 4.69) is 5.32 Å². The number of hydrogen-bond donors (Lipinski definition) is 1. The highest BCUT2D eigenvalue weighted by Crippen LogP contribution is 2.36. The Kier molecular flexibility index (Phi) is 6.23. The standard InChI is InChI=1S/C24H17F5N2O3/c1-12-24(33)31(11-13-4-15(25)7-16(26)5-13)21-6-14(2-3-22(21)34-12)23(32)30-10-18-19(28)8-17(27)9-20(18)29/h2-9,12H,10-11H2,1H3,(H,30,32)/t12-/m1/s1. The van der Waals surface area contributed by atoms with Crippen LogP contribution in [0, 0.1) is 29.1 Å². The van der Waals surface area contributed by atoms with Crippen LogP contribution in [-0.4, -0.2) is 17.9 Å². The molecule has 1 aliphatic rings. The van der Waals surface area contributed by atoms with Gasteiger partial charge in [0.25, 0.3) is 11.8 Å². The number of halogens is 5. The normalized spacial score (nSPS) is 15.1. The maximum absolute atomic E-state index is 13.8. The number of anilines is 1. The van der Waals surface area contributed by atoms with E-state index < -0.39 is 59.1 Å². The van der Waals surface area contributed by atoms with Crippen LogP contribution >= 0.6 is 0 Å². The molecule has 3 aromatic carbocycles. The average Bonchev–Trinajstić information content (AvgIpc) is 2.75. The lowest BCUT2D eigenvalue weighted by atomic mass is 10.1. The largest absolute Gasteiger partial charge is 0.479 e. The summed E-state index contributed by atoms with van der Waals surface area (Å²) in [6, 6.07) is 8.01. The summed E-state index contributed by atoms with van der Waals surface area (Å²) in [5, 5.41) is 2.34. The zero-order valence-corrected chi connectivity index (χ0v) is 17.7. The molecule has 4 rings (SSSR count). The first-order valence-corrected chi connectivity index (χ1v) is 10.1. The molecule has 0 fully saturated rings. The fourth-order valence-electron chi connectivity index (χ4n) is 3.61. The van der Waals surface area contributed by atoms with Crippen LogP contribution in [0.1, 0.15) is 28.4 Å². The van der Waals surface area contributed by atoms with Crippen molar-refractivity contribution >= 4 is 17.5 Å². The van der Waals surface area contributed by atoms with Gasteiger partial charge in [0.2, 0.25) is 0 Å². The first kappa shape index (κ1) is 23.2. The number of nitrogens with zero attached hydrogens (tertiary/aromatic N) is 1. The Labute approximate surface area is 190 Å². The third kappa shape index (κ3) is 4.70. The van der Waals surface area contributed by atoms with Gasteiger partial charge in [0, 0.05) is 35.9 Å². The summed E-state index contributed by atoms with van der Waals surface area (Å²) in [7, 11) is 0. The summed E-state index contributed by atoms with van der Waals surface area (Å²) in [6.07, 6.45) is -0.880. The van der Waals surface area contributed by atoms with E-state index in [1.54, 1.807) is 0 Å². The van der Waals surface area contributed by atoms with Gasteiger partial charge in [-0.25, -0.2) is 22.0 Å². The Balaban J connectivity index is 1.60. The molecule has 0 spiro atoms. The number of carbonyl (C=O) groups is 2. The van der Waals surface area contributed by atoms with Crippen LogP contribution in [0.3, 0.4) is 0 Å². The molecule has 0 unspecified atom stereocenters. The number of carbonyl (C=O) groups excluding carboxylic acids is 2. The summed E-state index contributed by atoms with van der Waals surface area (Å²) in [6.45, 7) is 0.773. The zero-order valence-electron chi connectivity index (χ0n) is 17.7. The van der Waals surface area contributed by atoms with Gasteiger partial charge in [-0.1, -0.05) is 0 Å². The molecular formula is C24H17F5N2O3. The minimum Gasteiger partial charge on any atom is -0.479 e. The molecule has 0 saturated carbocycles. The van der Waals surface area contributed by atoms with Gasteiger partial charge in [0.1, 0.15) is 34.8 Å². The number of nitrogens with one attached hydrogen (secondary N) is 1. The van der Waals surface area contributed by atoms with Crippen LogP contribution in [0.4, 0.5) is 27.6 Å². The van der Waals surface area contributed by atoms with Crippen LogP contribution in [0.2, 0.25) is 0 Å². The third-order valence-electron chi connectivity index (χ3n) is 5.22. The molecule has 34 heavy (non-hydrogen) atoms. The summed E-state index contributed by atoms with van der Waals surface area (Å²) in [4.78, 5) is 26.6. The predicted molar refractivity (Wildman–Crippen MR) is 112 cm³/mol. The van der Waals surface area contributed by atoms with Crippen LogP contribution < -0.4 is 15.0 Å². The maximum Gasteiger partial charge on any atom is 0.268 e. The van der Waals surface area contributed by atoms with E-state index in [4.69, 9.17) is 4.74 Å². The molecule has 0 saturated heterocycles. The molecule has 1 heterocycles. The van der Waals surface area contributed by atoms with E-state index >= 15 is 0 Å². The molecule has 1 atom stereocenters. The van der Waals surface area contributed by atoms with Crippen molar-refractivity contribution in [1.82, 2.24) is 5.32 Å². The number of ether oxygens (including phenoxy) is 1. The molecule has 5 nitrogen and oxygen atoms in total. The average molecular weight is 476 g/mol. The highest BCUT2D eigenvalue weighted by atomic mass is 19.2. The van der Waals surface area contributed by atoms with Crippen molar-refractivity contribution in [3.05, 3.63) is 94.3 Å². The molecular weight excluding hydrogens is 459 g/mol. The Morgan fingerprint density at radius 3 is 2.21 bits per heavy atom. The molecule has 176 valence electrons. The molecule has 2 amide bonds. The lowest BCUT2D eigenvalue weighted by Crippen LogP contribution is -2.44. The molecule has 0 aromatic heterocycles. The number of rotatable bonds is 5. The minimum atomic E-state index is -1.15. The van der Waals surface area contributed by atoms with Gasteiger partial charge in [-0.2, -0.15) is 0 Å². The van der Waals surface area contributed by atoms with Crippen molar-refractivity contribution in [2.75, 3.05) is 4.90 Å². The Morgan fingerprint density at radius 1 is 0.941 bits per heavy atom.